The van der Waals surface area contributed by atoms with Crippen LogP contribution in [0, 0.1) is 5.41 Å². The van der Waals surface area contributed by atoms with Gasteiger partial charge in [0.05, 0.1) is 17.4 Å². The summed E-state index contributed by atoms with van der Waals surface area (Å²) in [5, 5.41) is 0. The Balaban J connectivity index is 1.41. The van der Waals surface area contributed by atoms with Crippen LogP contribution in [0.5, 0.6) is 5.75 Å². The van der Waals surface area contributed by atoms with Crippen molar-refractivity contribution in [2.75, 3.05) is 39.8 Å². The molecular weight excluding hydrogens is 380 g/mol. The molecule has 0 aromatic heterocycles. The first-order valence-electron chi connectivity index (χ1n) is 10.0. The molecule has 154 valence electrons. The lowest BCUT2D eigenvalue weighted by Gasteiger charge is -2.35. The number of ether oxygens (including phenoxy) is 2. The molecule has 3 aliphatic heterocycles. The average molecular weight is 409 g/mol. The van der Waals surface area contributed by atoms with Crippen molar-refractivity contribution in [2.45, 2.75) is 43.1 Å². The van der Waals surface area contributed by atoms with Crippen molar-refractivity contribution in [3.8, 4) is 5.75 Å². The van der Waals surface area contributed by atoms with Gasteiger partial charge in [-0.1, -0.05) is 6.07 Å². The molecule has 3 fully saturated rings. The Bertz CT molecular complexity index is 827. The van der Waals surface area contributed by atoms with Gasteiger partial charge < -0.3 is 9.47 Å². The number of methoxy groups -OCH3 is 1. The van der Waals surface area contributed by atoms with Crippen molar-refractivity contribution in [1.82, 2.24) is 9.21 Å². The Morgan fingerprint density at radius 2 is 1.89 bits per heavy atom. The Morgan fingerprint density at radius 1 is 1.18 bits per heavy atom. The van der Waals surface area contributed by atoms with E-state index in [0.717, 1.165) is 19.6 Å². The molecule has 1 unspecified atom stereocenters. The van der Waals surface area contributed by atoms with E-state index in [1.807, 2.05) is 0 Å². The first-order chi connectivity index (χ1) is 13.4. The number of nitrogens with zero attached hydrogens (tertiary/aromatic N) is 2. The van der Waals surface area contributed by atoms with Crippen LogP contribution >= 0.6 is 0 Å². The van der Waals surface area contributed by atoms with E-state index in [1.54, 1.807) is 18.2 Å². The van der Waals surface area contributed by atoms with E-state index in [4.69, 9.17) is 9.47 Å². The highest BCUT2D eigenvalue weighted by atomic mass is 32.2. The third kappa shape index (κ3) is 3.65. The predicted molar refractivity (Wildman–Crippen MR) is 104 cm³/mol. The first kappa shape index (κ1) is 19.7. The van der Waals surface area contributed by atoms with Gasteiger partial charge in [0.25, 0.3) is 0 Å². The molecule has 3 saturated heterocycles. The van der Waals surface area contributed by atoms with E-state index < -0.39 is 15.4 Å². The van der Waals surface area contributed by atoms with Crippen molar-refractivity contribution >= 4 is 16.0 Å². The summed E-state index contributed by atoms with van der Waals surface area (Å²) < 4.78 is 38.3. The minimum absolute atomic E-state index is 0.0628. The maximum absolute atomic E-state index is 13.0. The highest BCUT2D eigenvalue weighted by Gasteiger charge is 2.51. The van der Waals surface area contributed by atoms with E-state index in [1.165, 1.54) is 30.3 Å². The van der Waals surface area contributed by atoms with Gasteiger partial charge >= 0.3 is 5.97 Å². The highest BCUT2D eigenvalue weighted by molar-refractivity contribution is 7.89. The minimum atomic E-state index is -3.60. The molecule has 1 atom stereocenters. The number of carbonyl (C=O) groups excluding carboxylic acids is 1. The van der Waals surface area contributed by atoms with Gasteiger partial charge in [-0.25, -0.2) is 8.42 Å². The molecule has 0 radical (unpaired) electrons. The van der Waals surface area contributed by atoms with E-state index in [9.17, 15) is 13.2 Å². The Kier molecular flexibility index (Phi) is 5.37. The van der Waals surface area contributed by atoms with Crippen LogP contribution in [0.3, 0.4) is 0 Å². The van der Waals surface area contributed by atoms with Crippen molar-refractivity contribution < 1.29 is 22.7 Å². The van der Waals surface area contributed by atoms with E-state index >= 15 is 0 Å². The molecular formula is C20H28N2O5S. The molecule has 0 bridgehead atoms. The summed E-state index contributed by atoms with van der Waals surface area (Å²) >= 11 is 0. The van der Waals surface area contributed by atoms with Crippen LogP contribution in [0.4, 0.5) is 0 Å². The van der Waals surface area contributed by atoms with E-state index in [0.29, 0.717) is 38.1 Å². The van der Waals surface area contributed by atoms with Crippen molar-refractivity contribution in [2.24, 2.45) is 5.41 Å². The van der Waals surface area contributed by atoms with Crippen LogP contribution in [0.1, 0.15) is 32.1 Å². The molecule has 0 amide bonds. The summed E-state index contributed by atoms with van der Waals surface area (Å²) in [6.45, 7) is 3.64. The summed E-state index contributed by atoms with van der Waals surface area (Å²) in [6, 6.07) is 6.52. The fourth-order valence-electron chi connectivity index (χ4n) is 4.67. The number of likely N-dealkylation sites (tertiary alicyclic amines) is 1. The van der Waals surface area contributed by atoms with Gasteiger partial charge in [-0.2, -0.15) is 4.31 Å². The summed E-state index contributed by atoms with van der Waals surface area (Å²) in [6.07, 6.45) is 4.10. The zero-order chi connectivity index (χ0) is 19.8. The zero-order valence-corrected chi connectivity index (χ0v) is 17.1. The number of piperidine rings is 1. The van der Waals surface area contributed by atoms with Gasteiger partial charge in [-0.05, 0) is 50.9 Å². The van der Waals surface area contributed by atoms with Gasteiger partial charge in [-0.3, -0.25) is 9.69 Å². The second kappa shape index (κ2) is 7.65. The minimum Gasteiger partial charge on any atom is -0.497 e. The van der Waals surface area contributed by atoms with Crippen LogP contribution < -0.4 is 4.74 Å². The second-order valence-electron chi connectivity index (χ2n) is 8.10. The molecule has 3 aliphatic rings. The molecule has 0 saturated carbocycles. The van der Waals surface area contributed by atoms with Crippen molar-refractivity contribution in [3.63, 3.8) is 0 Å². The Hall–Kier alpha value is -1.64. The third-order valence-electron chi connectivity index (χ3n) is 6.34. The fourth-order valence-corrected chi connectivity index (χ4v) is 6.14. The maximum atomic E-state index is 13.0. The molecule has 0 N–H and O–H groups in total. The smallest absolute Gasteiger partial charge is 0.312 e. The summed E-state index contributed by atoms with van der Waals surface area (Å²) in [5.74, 6) is 0.369. The lowest BCUT2D eigenvalue weighted by Crippen LogP contribution is -2.45. The number of esters is 1. The molecule has 4 rings (SSSR count). The normalized spacial score (nSPS) is 25.9. The second-order valence-corrected chi connectivity index (χ2v) is 10.0. The maximum Gasteiger partial charge on any atom is 0.312 e. The topological polar surface area (TPSA) is 76.2 Å². The lowest BCUT2D eigenvalue weighted by molar-refractivity contribution is -0.150. The highest BCUT2D eigenvalue weighted by Crippen LogP contribution is 2.44. The van der Waals surface area contributed by atoms with Gasteiger partial charge in [0.1, 0.15) is 11.9 Å². The number of benzene rings is 1. The molecule has 1 aromatic carbocycles. The average Bonchev–Trinajstić information content (AvgIpc) is 3.31. The Morgan fingerprint density at radius 3 is 2.57 bits per heavy atom. The molecule has 0 aliphatic carbocycles. The van der Waals surface area contributed by atoms with E-state index in [-0.39, 0.29) is 17.0 Å². The third-order valence-corrected chi connectivity index (χ3v) is 8.24. The molecule has 1 aromatic rings. The lowest BCUT2D eigenvalue weighted by atomic mass is 9.76. The van der Waals surface area contributed by atoms with Crippen molar-refractivity contribution in [1.29, 1.82) is 0 Å². The van der Waals surface area contributed by atoms with Crippen LogP contribution in [0.25, 0.3) is 0 Å². The van der Waals surface area contributed by atoms with Gasteiger partial charge in [0.15, 0.2) is 0 Å². The monoisotopic (exact) mass is 408 g/mol. The van der Waals surface area contributed by atoms with Crippen LogP contribution in [-0.4, -0.2) is 69.5 Å². The number of carbonyl (C=O) groups is 1. The number of hydrogen-bond donors (Lipinski definition) is 0. The SMILES string of the molecule is COc1cccc(S(=O)(=O)N2CCC3(CC2)CC(CN2CCCC2)OC3=O)c1. The predicted octanol–water partition coefficient (Wildman–Crippen LogP) is 1.88. The molecule has 7 nitrogen and oxygen atoms in total. The van der Waals surface area contributed by atoms with Gasteiger partial charge in [0, 0.05) is 32.1 Å². The van der Waals surface area contributed by atoms with Gasteiger partial charge in [0.2, 0.25) is 10.0 Å². The van der Waals surface area contributed by atoms with Gasteiger partial charge in [-0.15, -0.1) is 0 Å². The van der Waals surface area contributed by atoms with Crippen LogP contribution in [0.15, 0.2) is 29.2 Å². The Labute approximate surface area is 166 Å². The molecule has 8 heteroatoms. The van der Waals surface area contributed by atoms with Crippen molar-refractivity contribution in [3.05, 3.63) is 24.3 Å². The largest absolute Gasteiger partial charge is 0.497 e. The molecule has 28 heavy (non-hydrogen) atoms. The standard InChI is InChI=1S/C20H28N2O5S/c1-26-16-5-4-6-18(13-16)28(24,25)22-11-7-20(8-12-22)14-17(27-19(20)23)15-21-9-2-3-10-21/h4-6,13,17H,2-3,7-12,14-15H2,1H3. The van der Waals surface area contributed by atoms with Crippen LogP contribution in [0.2, 0.25) is 0 Å². The number of sulfonamides is 1. The summed E-state index contributed by atoms with van der Waals surface area (Å²) in [7, 11) is -2.08. The zero-order valence-electron chi connectivity index (χ0n) is 16.3. The number of hydrogen-bond acceptors (Lipinski definition) is 6. The fraction of sp³-hybridized carbons (Fsp3) is 0.650. The number of cyclic esters (lactones) is 1. The number of rotatable bonds is 5. The molecule has 1 spiro atoms. The van der Waals surface area contributed by atoms with E-state index in [2.05, 4.69) is 4.90 Å². The summed E-state index contributed by atoms with van der Waals surface area (Å²) in [4.78, 5) is 15.2. The quantitative estimate of drug-likeness (QED) is 0.693. The van der Waals surface area contributed by atoms with Crippen LogP contribution in [-0.2, 0) is 19.6 Å². The molecule has 3 heterocycles. The first-order valence-corrected chi connectivity index (χ1v) is 11.4. The summed E-state index contributed by atoms with van der Waals surface area (Å²) in [5.41, 5.74) is -0.523.